The third-order valence-corrected chi connectivity index (χ3v) is 3.89. The first kappa shape index (κ1) is 26.7. The summed E-state index contributed by atoms with van der Waals surface area (Å²) in [6.45, 7) is 3.03. The van der Waals surface area contributed by atoms with E-state index >= 15 is 0 Å². The molecule has 0 aromatic rings. The topological polar surface area (TPSA) is 113 Å². The van der Waals surface area contributed by atoms with Crippen LogP contribution in [-0.4, -0.2) is 91.1 Å². The Hall–Kier alpha value is -1.26. The van der Waals surface area contributed by atoms with Crippen LogP contribution in [0, 0.1) is 11.8 Å². The Bertz CT molecular complexity index is 388. The molecule has 0 heterocycles. The van der Waals surface area contributed by atoms with Crippen molar-refractivity contribution in [2.75, 3.05) is 74.1 Å². The first-order valence-corrected chi connectivity index (χ1v) is 9.66. The maximum absolute atomic E-state index is 11.7. The molecule has 2 N–H and O–H groups in total. The fourth-order valence-electron chi connectivity index (χ4n) is 2.41. The van der Waals surface area contributed by atoms with Crippen molar-refractivity contribution in [2.45, 2.75) is 25.7 Å². The Kier molecular flexibility index (Phi) is 18.2. The van der Waals surface area contributed by atoms with Crippen LogP contribution >= 0.6 is 0 Å². The molecule has 0 saturated heterocycles. The number of carbonyl (C=O) groups excluding carboxylic acids is 2. The number of aliphatic hydroxyl groups excluding tert-OH is 1. The second kappa shape index (κ2) is 19.1. The van der Waals surface area contributed by atoms with Crippen molar-refractivity contribution >= 4 is 11.9 Å². The molecule has 0 rings (SSSR count). The van der Waals surface area contributed by atoms with Crippen molar-refractivity contribution in [1.29, 1.82) is 0 Å². The molecule has 0 spiro atoms. The van der Waals surface area contributed by atoms with Gasteiger partial charge < -0.3 is 34.1 Å². The van der Waals surface area contributed by atoms with Crippen LogP contribution in [0.25, 0.3) is 0 Å². The van der Waals surface area contributed by atoms with Gasteiger partial charge in [0, 0.05) is 46.0 Å². The summed E-state index contributed by atoms with van der Waals surface area (Å²) >= 11 is 0. The summed E-state index contributed by atoms with van der Waals surface area (Å²) < 4.78 is 25.4. The van der Waals surface area contributed by atoms with Gasteiger partial charge in [-0.3, -0.25) is 9.59 Å². The van der Waals surface area contributed by atoms with Crippen LogP contribution in [0.4, 0.5) is 0 Å². The van der Waals surface area contributed by atoms with Crippen LogP contribution in [0.2, 0.25) is 0 Å². The van der Waals surface area contributed by atoms with Crippen LogP contribution in [-0.2, 0) is 33.3 Å². The SMILES string of the molecule is COCC(CO)COC(=O)CCCNCCCC(=O)OCC(COC)COC. The van der Waals surface area contributed by atoms with E-state index in [1.165, 1.54) is 7.11 Å². The average molecular weight is 408 g/mol. The average Bonchev–Trinajstić information content (AvgIpc) is 2.68. The minimum absolute atomic E-state index is 0.0407. The number of esters is 2. The molecular formula is C19H37NO8. The van der Waals surface area contributed by atoms with Gasteiger partial charge in [0.1, 0.15) is 0 Å². The number of carbonyl (C=O) groups is 2. The highest BCUT2D eigenvalue weighted by atomic mass is 16.5. The van der Waals surface area contributed by atoms with Gasteiger partial charge in [-0.1, -0.05) is 0 Å². The van der Waals surface area contributed by atoms with Gasteiger partial charge in [0.25, 0.3) is 0 Å². The zero-order valence-corrected chi connectivity index (χ0v) is 17.4. The molecule has 0 saturated carbocycles. The van der Waals surface area contributed by atoms with Gasteiger partial charge in [-0.25, -0.2) is 0 Å². The van der Waals surface area contributed by atoms with Gasteiger partial charge in [-0.2, -0.15) is 0 Å². The lowest BCUT2D eigenvalue weighted by molar-refractivity contribution is -0.147. The van der Waals surface area contributed by atoms with Crippen molar-refractivity contribution < 1.29 is 38.4 Å². The molecule has 9 heteroatoms. The minimum atomic E-state index is -0.290. The van der Waals surface area contributed by atoms with Crippen molar-refractivity contribution in [3.05, 3.63) is 0 Å². The van der Waals surface area contributed by atoms with E-state index in [2.05, 4.69) is 5.32 Å². The van der Waals surface area contributed by atoms with E-state index in [4.69, 9.17) is 28.8 Å². The second-order valence-corrected chi connectivity index (χ2v) is 6.60. The van der Waals surface area contributed by atoms with E-state index in [0.717, 1.165) is 0 Å². The standard InChI is InChI=1S/C19H37NO8/c1-24-11-16(10-21)14-27-18(22)6-4-8-20-9-5-7-19(23)28-15-17(12-25-2)13-26-3/h16-17,20-21H,4-15H2,1-3H3. The van der Waals surface area contributed by atoms with Crippen LogP contribution in [0.15, 0.2) is 0 Å². The number of rotatable bonds is 19. The summed E-state index contributed by atoms with van der Waals surface area (Å²) in [7, 11) is 4.74. The maximum atomic E-state index is 11.7. The lowest BCUT2D eigenvalue weighted by Crippen LogP contribution is -2.23. The second-order valence-electron chi connectivity index (χ2n) is 6.60. The van der Waals surface area contributed by atoms with Crippen LogP contribution in [0.1, 0.15) is 25.7 Å². The highest BCUT2D eigenvalue weighted by Crippen LogP contribution is 2.02. The Morgan fingerprint density at radius 1 is 0.750 bits per heavy atom. The van der Waals surface area contributed by atoms with Crippen LogP contribution < -0.4 is 5.32 Å². The molecular weight excluding hydrogens is 370 g/mol. The maximum Gasteiger partial charge on any atom is 0.305 e. The molecule has 0 aromatic carbocycles. The number of hydrogen-bond acceptors (Lipinski definition) is 9. The highest BCUT2D eigenvalue weighted by molar-refractivity contribution is 5.69. The van der Waals surface area contributed by atoms with Crippen molar-refractivity contribution in [2.24, 2.45) is 11.8 Å². The fourth-order valence-corrected chi connectivity index (χ4v) is 2.41. The van der Waals surface area contributed by atoms with Gasteiger partial charge in [0.05, 0.1) is 39.6 Å². The molecule has 166 valence electrons. The predicted molar refractivity (Wildman–Crippen MR) is 103 cm³/mol. The summed E-state index contributed by atoms with van der Waals surface area (Å²) in [6, 6.07) is 0. The Morgan fingerprint density at radius 2 is 1.18 bits per heavy atom. The lowest BCUT2D eigenvalue weighted by atomic mass is 10.2. The van der Waals surface area contributed by atoms with Gasteiger partial charge in [0.2, 0.25) is 0 Å². The first-order valence-electron chi connectivity index (χ1n) is 9.66. The Balaban J connectivity index is 3.60. The van der Waals surface area contributed by atoms with E-state index < -0.39 is 0 Å². The third-order valence-electron chi connectivity index (χ3n) is 3.89. The molecule has 0 fully saturated rings. The molecule has 0 radical (unpaired) electrons. The number of methoxy groups -OCH3 is 3. The molecule has 0 aliphatic rings. The van der Waals surface area contributed by atoms with Crippen molar-refractivity contribution in [3.8, 4) is 0 Å². The molecule has 0 amide bonds. The first-order chi connectivity index (χ1) is 13.6. The van der Waals surface area contributed by atoms with Crippen LogP contribution in [0.3, 0.4) is 0 Å². The van der Waals surface area contributed by atoms with Gasteiger partial charge >= 0.3 is 11.9 Å². The quantitative estimate of drug-likeness (QED) is 0.232. The largest absolute Gasteiger partial charge is 0.465 e. The summed E-state index contributed by atoms with van der Waals surface area (Å²) in [5, 5.41) is 12.3. The molecule has 9 nitrogen and oxygen atoms in total. The number of aliphatic hydroxyl groups is 1. The Labute approximate surface area is 168 Å². The predicted octanol–water partition coefficient (Wildman–Crippen LogP) is 0.387. The number of hydrogen-bond donors (Lipinski definition) is 2. The van der Waals surface area contributed by atoms with E-state index in [1.54, 1.807) is 14.2 Å². The highest BCUT2D eigenvalue weighted by Gasteiger charge is 2.12. The third kappa shape index (κ3) is 15.8. The molecule has 0 aliphatic carbocycles. The fraction of sp³-hybridized carbons (Fsp3) is 0.895. The van der Waals surface area contributed by atoms with E-state index in [1.807, 2.05) is 0 Å². The molecule has 0 bridgehead atoms. The molecule has 0 aliphatic heterocycles. The number of ether oxygens (including phenoxy) is 5. The minimum Gasteiger partial charge on any atom is -0.465 e. The van der Waals surface area contributed by atoms with Crippen LogP contribution in [0.5, 0.6) is 0 Å². The summed E-state index contributed by atoms with van der Waals surface area (Å²) in [6.07, 6.45) is 1.95. The Morgan fingerprint density at radius 3 is 1.61 bits per heavy atom. The molecule has 0 aromatic heterocycles. The van der Waals surface area contributed by atoms with Gasteiger partial charge in [-0.05, 0) is 25.9 Å². The van der Waals surface area contributed by atoms with Gasteiger partial charge in [-0.15, -0.1) is 0 Å². The van der Waals surface area contributed by atoms with Gasteiger partial charge in [0.15, 0.2) is 0 Å². The number of nitrogens with one attached hydrogen (secondary N) is 1. The van der Waals surface area contributed by atoms with E-state index in [0.29, 0.717) is 58.6 Å². The zero-order valence-electron chi connectivity index (χ0n) is 17.4. The van der Waals surface area contributed by atoms with E-state index in [9.17, 15) is 9.59 Å². The molecule has 1 atom stereocenters. The summed E-state index contributed by atoms with van der Waals surface area (Å²) in [5.74, 6) is -0.677. The monoisotopic (exact) mass is 407 g/mol. The molecule has 1 unspecified atom stereocenters. The molecule has 28 heavy (non-hydrogen) atoms. The van der Waals surface area contributed by atoms with Crippen molar-refractivity contribution in [1.82, 2.24) is 5.32 Å². The van der Waals surface area contributed by atoms with Crippen molar-refractivity contribution in [3.63, 3.8) is 0 Å². The summed E-state index contributed by atoms with van der Waals surface area (Å²) in [4.78, 5) is 23.3. The smallest absolute Gasteiger partial charge is 0.305 e. The lowest BCUT2D eigenvalue weighted by Gasteiger charge is -2.15. The summed E-state index contributed by atoms with van der Waals surface area (Å²) in [5.41, 5.74) is 0. The zero-order chi connectivity index (χ0) is 21.0. The normalized spacial score (nSPS) is 12.2. The van der Waals surface area contributed by atoms with E-state index in [-0.39, 0.29) is 43.6 Å².